The number of carbonyl (C=O) groups excluding carboxylic acids is 1. The number of thioether (sulfide) groups is 1. The molecule has 0 saturated heterocycles. The van der Waals surface area contributed by atoms with Crippen molar-refractivity contribution in [1.29, 1.82) is 0 Å². The molecule has 0 unspecified atom stereocenters. The zero-order valence-corrected chi connectivity index (χ0v) is 15.3. The molecule has 0 bridgehead atoms. The van der Waals surface area contributed by atoms with Crippen molar-refractivity contribution in [1.82, 2.24) is 19.7 Å². The van der Waals surface area contributed by atoms with E-state index in [-0.39, 0.29) is 16.8 Å². The summed E-state index contributed by atoms with van der Waals surface area (Å²) >= 11 is 7.31. The first kappa shape index (κ1) is 17.1. The first-order valence-corrected chi connectivity index (χ1v) is 9.55. The maximum atomic E-state index is 12.2. The number of nitrogens with one attached hydrogen (secondary N) is 1. The second-order valence-corrected chi connectivity index (χ2v) is 7.26. The number of rotatable bonds is 7. The maximum absolute atomic E-state index is 12.2. The van der Waals surface area contributed by atoms with E-state index in [0.717, 1.165) is 24.4 Å². The molecule has 4 rings (SSSR count). The summed E-state index contributed by atoms with van der Waals surface area (Å²) in [6.45, 7) is 0.560. The zero-order valence-electron chi connectivity index (χ0n) is 13.8. The summed E-state index contributed by atoms with van der Waals surface area (Å²) in [5, 5.41) is 12.3. The van der Waals surface area contributed by atoms with E-state index in [9.17, 15) is 4.79 Å². The number of carbonyl (C=O) groups is 1. The molecule has 1 fully saturated rings. The van der Waals surface area contributed by atoms with Crippen molar-refractivity contribution in [3.63, 3.8) is 0 Å². The van der Waals surface area contributed by atoms with E-state index < -0.39 is 0 Å². The Hall–Kier alpha value is -2.32. The van der Waals surface area contributed by atoms with Crippen molar-refractivity contribution >= 4 is 35.0 Å². The minimum absolute atomic E-state index is 0.176. The van der Waals surface area contributed by atoms with Gasteiger partial charge in [0.1, 0.15) is 11.6 Å². The summed E-state index contributed by atoms with van der Waals surface area (Å²) in [6.07, 6.45) is 5.47. The minimum Gasteiger partial charge on any atom is -0.467 e. The molecule has 1 saturated carbocycles. The Morgan fingerprint density at radius 1 is 1.35 bits per heavy atom. The second kappa shape index (κ2) is 7.51. The number of hydrogen-bond acceptors (Lipinski definition) is 6. The highest BCUT2D eigenvalue weighted by Crippen LogP contribution is 2.40. The molecule has 1 aliphatic rings. The Morgan fingerprint density at radius 3 is 2.96 bits per heavy atom. The van der Waals surface area contributed by atoms with E-state index in [1.807, 2.05) is 16.7 Å². The third-order valence-electron chi connectivity index (χ3n) is 3.95. The first-order chi connectivity index (χ1) is 12.7. The van der Waals surface area contributed by atoms with Crippen molar-refractivity contribution < 1.29 is 9.21 Å². The van der Waals surface area contributed by atoms with E-state index in [1.54, 1.807) is 24.6 Å². The largest absolute Gasteiger partial charge is 0.467 e. The van der Waals surface area contributed by atoms with Crippen LogP contribution in [0.25, 0.3) is 0 Å². The maximum Gasteiger partial charge on any atom is 0.234 e. The molecular weight excluding hydrogens is 374 g/mol. The number of furan rings is 1. The number of hydrogen-bond donors (Lipinski definition) is 1. The highest BCUT2D eigenvalue weighted by atomic mass is 35.5. The van der Waals surface area contributed by atoms with Crippen molar-refractivity contribution in [3.05, 3.63) is 53.5 Å². The van der Waals surface area contributed by atoms with Crippen LogP contribution in [0.2, 0.25) is 5.15 Å². The molecule has 1 aliphatic carbocycles. The van der Waals surface area contributed by atoms with Gasteiger partial charge in [0, 0.05) is 12.1 Å². The number of anilines is 1. The van der Waals surface area contributed by atoms with Gasteiger partial charge in [-0.2, -0.15) is 0 Å². The normalized spacial score (nSPS) is 13.7. The van der Waals surface area contributed by atoms with Crippen LogP contribution in [0.1, 0.15) is 30.3 Å². The van der Waals surface area contributed by atoms with Crippen LogP contribution in [0.5, 0.6) is 0 Å². The molecule has 1 amide bonds. The predicted molar refractivity (Wildman–Crippen MR) is 98.4 cm³/mol. The molecule has 0 aromatic carbocycles. The van der Waals surface area contributed by atoms with Gasteiger partial charge in [0.25, 0.3) is 0 Å². The summed E-state index contributed by atoms with van der Waals surface area (Å²) in [6, 6.07) is 7.20. The predicted octanol–water partition coefficient (Wildman–Crippen LogP) is 3.58. The van der Waals surface area contributed by atoms with Crippen molar-refractivity contribution in [2.24, 2.45) is 0 Å². The van der Waals surface area contributed by atoms with E-state index in [1.165, 1.54) is 11.8 Å². The van der Waals surface area contributed by atoms with Gasteiger partial charge in [0.05, 0.1) is 24.2 Å². The fourth-order valence-electron chi connectivity index (χ4n) is 2.55. The first-order valence-electron chi connectivity index (χ1n) is 8.19. The van der Waals surface area contributed by atoms with E-state index in [4.69, 9.17) is 16.0 Å². The van der Waals surface area contributed by atoms with Gasteiger partial charge in [0.2, 0.25) is 5.91 Å². The Bertz CT molecular complexity index is 908. The van der Waals surface area contributed by atoms with Crippen LogP contribution in [0, 0.1) is 0 Å². The third-order valence-corrected chi connectivity index (χ3v) is 5.22. The smallest absolute Gasteiger partial charge is 0.234 e. The Morgan fingerprint density at radius 2 is 2.23 bits per heavy atom. The highest BCUT2D eigenvalue weighted by Gasteiger charge is 2.30. The third kappa shape index (κ3) is 3.91. The molecule has 0 atom stereocenters. The van der Waals surface area contributed by atoms with E-state index >= 15 is 0 Å². The Balaban J connectivity index is 1.44. The summed E-state index contributed by atoms with van der Waals surface area (Å²) in [7, 11) is 0. The molecular formula is C17H16ClN5O2S. The Labute approximate surface area is 159 Å². The summed E-state index contributed by atoms with van der Waals surface area (Å²) in [4.78, 5) is 16.2. The number of aromatic nitrogens is 4. The summed E-state index contributed by atoms with van der Waals surface area (Å²) < 4.78 is 7.48. The molecule has 3 aromatic rings. The van der Waals surface area contributed by atoms with E-state index in [0.29, 0.717) is 23.3 Å². The molecule has 26 heavy (non-hydrogen) atoms. The minimum atomic E-state index is -0.176. The monoisotopic (exact) mass is 389 g/mol. The van der Waals surface area contributed by atoms with Crippen LogP contribution in [0.3, 0.4) is 0 Å². The van der Waals surface area contributed by atoms with Gasteiger partial charge < -0.3 is 9.73 Å². The lowest BCUT2D eigenvalue weighted by molar-refractivity contribution is -0.113. The fourth-order valence-corrected chi connectivity index (χ4v) is 3.46. The van der Waals surface area contributed by atoms with Crippen molar-refractivity contribution in [2.45, 2.75) is 30.5 Å². The van der Waals surface area contributed by atoms with Crippen molar-refractivity contribution in [2.75, 3.05) is 11.1 Å². The van der Waals surface area contributed by atoms with Crippen LogP contribution in [-0.4, -0.2) is 31.4 Å². The second-order valence-electron chi connectivity index (χ2n) is 5.96. The molecule has 9 heteroatoms. The average molecular weight is 390 g/mol. The van der Waals surface area contributed by atoms with Gasteiger partial charge in [-0.05, 0) is 37.1 Å². The number of halogens is 1. The van der Waals surface area contributed by atoms with E-state index in [2.05, 4.69) is 20.5 Å². The standard InChI is InChI=1S/C17H16ClN5O2S/c18-15-13(4-1-7-19-15)20-14(24)10-26-17-22-21-16(11-5-6-11)23(17)9-12-3-2-8-25-12/h1-4,7-8,11H,5-6,9-10H2,(H,20,24). The van der Waals surface area contributed by atoms with Crippen LogP contribution in [-0.2, 0) is 11.3 Å². The van der Waals surface area contributed by atoms with Crippen LogP contribution >= 0.6 is 23.4 Å². The lowest BCUT2D eigenvalue weighted by atomic mass is 10.3. The van der Waals surface area contributed by atoms with Gasteiger partial charge >= 0.3 is 0 Å². The van der Waals surface area contributed by atoms with Gasteiger partial charge in [-0.1, -0.05) is 23.4 Å². The lowest BCUT2D eigenvalue weighted by Gasteiger charge is -2.09. The number of pyridine rings is 1. The fraction of sp³-hybridized carbons (Fsp3) is 0.294. The molecule has 0 radical (unpaired) electrons. The highest BCUT2D eigenvalue weighted by molar-refractivity contribution is 7.99. The molecule has 1 N–H and O–H groups in total. The van der Waals surface area contributed by atoms with Crippen LogP contribution < -0.4 is 5.32 Å². The lowest BCUT2D eigenvalue weighted by Crippen LogP contribution is -2.15. The topological polar surface area (TPSA) is 85.8 Å². The van der Waals surface area contributed by atoms with Gasteiger partial charge in [-0.15, -0.1) is 10.2 Å². The SMILES string of the molecule is O=C(CSc1nnc(C2CC2)n1Cc1ccco1)Nc1cccnc1Cl. The van der Waals surface area contributed by atoms with Crippen LogP contribution in [0.4, 0.5) is 5.69 Å². The molecule has 0 aliphatic heterocycles. The summed E-state index contributed by atoms with van der Waals surface area (Å²) in [5.74, 6) is 2.27. The molecule has 0 spiro atoms. The zero-order chi connectivity index (χ0) is 17.9. The number of nitrogens with zero attached hydrogens (tertiary/aromatic N) is 4. The van der Waals surface area contributed by atoms with Crippen LogP contribution in [0.15, 0.2) is 46.3 Å². The molecule has 7 nitrogen and oxygen atoms in total. The quantitative estimate of drug-likeness (QED) is 0.491. The Kier molecular flexibility index (Phi) is 4.94. The summed E-state index contributed by atoms with van der Waals surface area (Å²) in [5.41, 5.74) is 0.496. The van der Waals surface area contributed by atoms with Gasteiger partial charge in [0.15, 0.2) is 10.3 Å². The van der Waals surface area contributed by atoms with Crippen molar-refractivity contribution in [3.8, 4) is 0 Å². The average Bonchev–Trinajstić information content (AvgIpc) is 3.20. The molecule has 3 heterocycles. The van der Waals surface area contributed by atoms with Gasteiger partial charge in [-0.25, -0.2) is 4.98 Å². The van der Waals surface area contributed by atoms with Gasteiger partial charge in [-0.3, -0.25) is 9.36 Å². The molecule has 3 aromatic heterocycles. The molecule has 134 valence electrons. The number of amides is 1.